The highest BCUT2D eigenvalue weighted by Crippen LogP contribution is 2.49. The standard InChI is InChI=1S/C12H18O2/c1-2-4-10-6-7-12(11(10)5-3-1)13-8-9-14-12/h3,5,10-11H,1-2,4,6-9H2/t10-,11+/m0/s1. The number of allylic oxidation sites excluding steroid dienone is 1. The fourth-order valence-corrected chi connectivity index (χ4v) is 3.27. The molecule has 1 saturated carbocycles. The molecule has 1 saturated heterocycles. The molecule has 0 N–H and O–H groups in total. The monoisotopic (exact) mass is 194 g/mol. The maximum Gasteiger partial charge on any atom is 0.174 e. The second-order valence-corrected chi connectivity index (χ2v) is 4.69. The number of hydrogen-bond acceptors (Lipinski definition) is 2. The first-order valence-electron chi connectivity index (χ1n) is 5.85. The molecule has 1 spiro atoms. The first kappa shape index (κ1) is 8.93. The summed E-state index contributed by atoms with van der Waals surface area (Å²) in [4.78, 5) is 0. The van der Waals surface area contributed by atoms with E-state index in [9.17, 15) is 0 Å². The fourth-order valence-electron chi connectivity index (χ4n) is 3.27. The van der Waals surface area contributed by atoms with Gasteiger partial charge in [-0.25, -0.2) is 0 Å². The average molecular weight is 194 g/mol. The van der Waals surface area contributed by atoms with Crippen LogP contribution in [0.3, 0.4) is 0 Å². The second kappa shape index (κ2) is 3.35. The molecule has 2 aliphatic carbocycles. The van der Waals surface area contributed by atoms with Gasteiger partial charge in [-0.05, 0) is 31.6 Å². The Hall–Kier alpha value is -0.340. The van der Waals surface area contributed by atoms with Crippen LogP contribution in [0.2, 0.25) is 0 Å². The summed E-state index contributed by atoms with van der Waals surface area (Å²) >= 11 is 0. The smallest absolute Gasteiger partial charge is 0.174 e. The first-order valence-corrected chi connectivity index (χ1v) is 5.85. The molecule has 1 aliphatic heterocycles. The van der Waals surface area contributed by atoms with Gasteiger partial charge in [0.2, 0.25) is 0 Å². The highest BCUT2D eigenvalue weighted by atomic mass is 16.7. The molecule has 2 heteroatoms. The molecule has 0 bridgehead atoms. The quantitative estimate of drug-likeness (QED) is 0.552. The average Bonchev–Trinajstić information content (AvgIpc) is 2.72. The zero-order chi connectivity index (χ0) is 9.43. The normalized spacial score (nSPS) is 40.0. The lowest BCUT2D eigenvalue weighted by molar-refractivity contribution is -0.174. The van der Waals surface area contributed by atoms with E-state index in [4.69, 9.17) is 9.47 Å². The van der Waals surface area contributed by atoms with Crippen LogP contribution < -0.4 is 0 Å². The van der Waals surface area contributed by atoms with Crippen LogP contribution in [0.4, 0.5) is 0 Å². The number of rotatable bonds is 0. The molecule has 2 fully saturated rings. The largest absolute Gasteiger partial charge is 0.347 e. The molecule has 0 aromatic carbocycles. The highest BCUT2D eigenvalue weighted by Gasteiger charge is 2.51. The predicted octanol–water partition coefficient (Wildman–Crippen LogP) is 2.50. The van der Waals surface area contributed by atoms with Crippen molar-refractivity contribution in [3.63, 3.8) is 0 Å². The summed E-state index contributed by atoms with van der Waals surface area (Å²) in [5, 5.41) is 0. The van der Waals surface area contributed by atoms with Gasteiger partial charge in [0, 0.05) is 12.3 Å². The van der Waals surface area contributed by atoms with E-state index >= 15 is 0 Å². The van der Waals surface area contributed by atoms with Crippen LogP contribution in [0.15, 0.2) is 12.2 Å². The van der Waals surface area contributed by atoms with Crippen molar-refractivity contribution >= 4 is 0 Å². The van der Waals surface area contributed by atoms with Crippen LogP contribution in [0.5, 0.6) is 0 Å². The van der Waals surface area contributed by atoms with Gasteiger partial charge in [0.1, 0.15) is 0 Å². The molecule has 2 nitrogen and oxygen atoms in total. The topological polar surface area (TPSA) is 18.5 Å². The molecule has 3 rings (SSSR count). The third-order valence-electron chi connectivity index (χ3n) is 3.94. The maximum atomic E-state index is 5.85. The Morgan fingerprint density at radius 3 is 2.86 bits per heavy atom. The molecule has 3 aliphatic rings. The molecule has 78 valence electrons. The summed E-state index contributed by atoms with van der Waals surface area (Å²) in [7, 11) is 0. The maximum absolute atomic E-state index is 5.85. The summed E-state index contributed by atoms with van der Waals surface area (Å²) in [5.74, 6) is 1.13. The van der Waals surface area contributed by atoms with Gasteiger partial charge in [0.25, 0.3) is 0 Å². The predicted molar refractivity (Wildman–Crippen MR) is 53.8 cm³/mol. The molecular weight excluding hydrogens is 176 g/mol. The molecule has 0 aromatic rings. The first-order chi connectivity index (χ1) is 6.91. The second-order valence-electron chi connectivity index (χ2n) is 4.69. The Morgan fingerprint density at radius 2 is 2.00 bits per heavy atom. The van der Waals surface area contributed by atoms with E-state index in [1.165, 1.54) is 25.7 Å². The molecule has 0 unspecified atom stereocenters. The lowest BCUT2D eigenvalue weighted by Crippen LogP contribution is -2.35. The van der Waals surface area contributed by atoms with E-state index in [0.717, 1.165) is 25.6 Å². The van der Waals surface area contributed by atoms with Crippen LogP contribution in [0.1, 0.15) is 32.1 Å². The van der Waals surface area contributed by atoms with Crippen molar-refractivity contribution in [2.24, 2.45) is 11.8 Å². The minimum absolute atomic E-state index is 0.217. The van der Waals surface area contributed by atoms with E-state index in [0.29, 0.717) is 5.92 Å². The summed E-state index contributed by atoms with van der Waals surface area (Å²) < 4.78 is 11.7. The number of hydrogen-bond donors (Lipinski definition) is 0. The summed E-state index contributed by atoms with van der Waals surface area (Å²) in [6, 6.07) is 0. The van der Waals surface area contributed by atoms with E-state index in [2.05, 4.69) is 12.2 Å². The van der Waals surface area contributed by atoms with E-state index in [1.807, 2.05) is 0 Å². The van der Waals surface area contributed by atoms with Crippen molar-refractivity contribution in [3.05, 3.63) is 12.2 Å². The minimum Gasteiger partial charge on any atom is -0.347 e. The van der Waals surface area contributed by atoms with E-state index in [1.54, 1.807) is 0 Å². The summed E-state index contributed by atoms with van der Waals surface area (Å²) in [5.41, 5.74) is 0. The summed E-state index contributed by atoms with van der Waals surface area (Å²) in [6.45, 7) is 1.58. The van der Waals surface area contributed by atoms with Crippen molar-refractivity contribution in [2.45, 2.75) is 37.9 Å². The van der Waals surface area contributed by atoms with E-state index < -0.39 is 0 Å². The third kappa shape index (κ3) is 1.24. The zero-order valence-corrected chi connectivity index (χ0v) is 8.58. The molecule has 1 heterocycles. The van der Waals surface area contributed by atoms with E-state index in [-0.39, 0.29) is 5.79 Å². The number of ether oxygens (including phenoxy) is 2. The van der Waals surface area contributed by atoms with Crippen molar-refractivity contribution in [3.8, 4) is 0 Å². The van der Waals surface area contributed by atoms with Crippen LogP contribution in [0.25, 0.3) is 0 Å². The zero-order valence-electron chi connectivity index (χ0n) is 8.58. The van der Waals surface area contributed by atoms with Gasteiger partial charge < -0.3 is 9.47 Å². The van der Waals surface area contributed by atoms with Gasteiger partial charge in [-0.2, -0.15) is 0 Å². The SMILES string of the molecule is C1=C[C@@H]2[C@@H](CCC1)CCC21OCCO1. The van der Waals surface area contributed by atoms with Crippen molar-refractivity contribution < 1.29 is 9.47 Å². The highest BCUT2D eigenvalue weighted by molar-refractivity contribution is 5.06. The van der Waals surface area contributed by atoms with Gasteiger partial charge in [-0.15, -0.1) is 0 Å². The van der Waals surface area contributed by atoms with Crippen LogP contribution in [-0.4, -0.2) is 19.0 Å². The molecular formula is C12H18O2. The van der Waals surface area contributed by atoms with Crippen LogP contribution in [-0.2, 0) is 9.47 Å². The van der Waals surface area contributed by atoms with Crippen molar-refractivity contribution in [1.29, 1.82) is 0 Å². The molecule has 0 aromatic heterocycles. The molecule has 14 heavy (non-hydrogen) atoms. The third-order valence-corrected chi connectivity index (χ3v) is 3.94. The van der Waals surface area contributed by atoms with Gasteiger partial charge in [-0.3, -0.25) is 0 Å². The lowest BCUT2D eigenvalue weighted by atomic mass is 9.91. The Labute approximate surface area is 85.3 Å². The van der Waals surface area contributed by atoms with Crippen LogP contribution >= 0.6 is 0 Å². The fraction of sp³-hybridized carbons (Fsp3) is 0.833. The van der Waals surface area contributed by atoms with Crippen LogP contribution in [0, 0.1) is 11.8 Å². The Bertz CT molecular complexity index is 241. The Balaban J connectivity index is 1.87. The molecule has 0 radical (unpaired) electrons. The van der Waals surface area contributed by atoms with Gasteiger partial charge in [0.15, 0.2) is 5.79 Å². The van der Waals surface area contributed by atoms with Crippen molar-refractivity contribution in [2.75, 3.05) is 13.2 Å². The van der Waals surface area contributed by atoms with Crippen molar-refractivity contribution in [1.82, 2.24) is 0 Å². The molecule has 2 atom stereocenters. The summed E-state index contributed by atoms with van der Waals surface area (Å²) in [6.07, 6.45) is 11.0. The van der Waals surface area contributed by atoms with Gasteiger partial charge in [0.05, 0.1) is 13.2 Å². The minimum atomic E-state index is -0.217. The molecule has 0 amide bonds. The van der Waals surface area contributed by atoms with Gasteiger partial charge in [-0.1, -0.05) is 12.2 Å². The number of fused-ring (bicyclic) bond motifs is 2. The van der Waals surface area contributed by atoms with Gasteiger partial charge >= 0.3 is 0 Å². The Kier molecular flexibility index (Phi) is 2.14. The Morgan fingerprint density at radius 1 is 1.14 bits per heavy atom. The lowest BCUT2D eigenvalue weighted by Gasteiger charge is -2.29.